The summed E-state index contributed by atoms with van der Waals surface area (Å²) in [5.74, 6) is 0.987. The maximum atomic E-state index is 12.3. The fraction of sp³-hybridized carbons (Fsp3) is 0.105. The van der Waals surface area contributed by atoms with Crippen molar-refractivity contribution in [3.63, 3.8) is 0 Å². The minimum atomic E-state index is -0.265. The van der Waals surface area contributed by atoms with E-state index < -0.39 is 0 Å². The second-order valence-corrected chi connectivity index (χ2v) is 5.35. The van der Waals surface area contributed by atoms with Gasteiger partial charge in [-0.05, 0) is 36.4 Å². The normalized spacial score (nSPS) is 10.2. The van der Waals surface area contributed by atoms with Crippen LogP contribution in [0.5, 0.6) is 5.75 Å². The third-order valence-corrected chi connectivity index (χ3v) is 3.69. The Morgan fingerprint density at radius 3 is 2.24 bits per heavy atom. The van der Waals surface area contributed by atoms with Crippen LogP contribution < -0.4 is 15.0 Å². The molecule has 0 radical (unpaired) electrons. The van der Waals surface area contributed by atoms with Gasteiger partial charge >= 0.3 is 0 Å². The average molecular weight is 334 g/mol. The van der Waals surface area contributed by atoms with E-state index in [1.54, 1.807) is 31.4 Å². The van der Waals surface area contributed by atoms with E-state index in [4.69, 9.17) is 4.74 Å². The van der Waals surface area contributed by atoms with Gasteiger partial charge in [0.2, 0.25) is 5.95 Å². The van der Waals surface area contributed by atoms with Crippen LogP contribution in [0.25, 0.3) is 0 Å². The Kier molecular flexibility index (Phi) is 4.89. The SMILES string of the molecule is COc1ccc(NC(=O)c2cnc(N(C)c3ccccc3)nc2)cc1. The molecule has 0 saturated heterocycles. The summed E-state index contributed by atoms with van der Waals surface area (Å²) < 4.78 is 5.09. The Labute approximate surface area is 146 Å². The number of nitrogens with zero attached hydrogens (tertiary/aromatic N) is 3. The Bertz CT molecular complexity index is 834. The quantitative estimate of drug-likeness (QED) is 0.773. The summed E-state index contributed by atoms with van der Waals surface area (Å²) in [6.07, 6.45) is 3.03. The maximum absolute atomic E-state index is 12.3. The molecule has 0 fully saturated rings. The molecule has 1 heterocycles. The van der Waals surface area contributed by atoms with Crippen LogP contribution in [0.15, 0.2) is 67.0 Å². The molecule has 126 valence electrons. The van der Waals surface area contributed by atoms with E-state index in [0.717, 1.165) is 11.4 Å². The number of carbonyl (C=O) groups excluding carboxylic acids is 1. The van der Waals surface area contributed by atoms with E-state index >= 15 is 0 Å². The van der Waals surface area contributed by atoms with E-state index in [2.05, 4.69) is 15.3 Å². The lowest BCUT2D eigenvalue weighted by molar-refractivity contribution is 0.102. The molecule has 0 bridgehead atoms. The van der Waals surface area contributed by atoms with Crippen molar-refractivity contribution < 1.29 is 9.53 Å². The Morgan fingerprint density at radius 2 is 1.64 bits per heavy atom. The highest BCUT2D eigenvalue weighted by atomic mass is 16.5. The molecule has 2 aromatic carbocycles. The van der Waals surface area contributed by atoms with E-state index in [1.165, 1.54) is 12.4 Å². The number of carbonyl (C=O) groups is 1. The van der Waals surface area contributed by atoms with Crippen LogP contribution in [0.3, 0.4) is 0 Å². The van der Waals surface area contributed by atoms with Gasteiger partial charge in [-0.15, -0.1) is 0 Å². The zero-order valence-electron chi connectivity index (χ0n) is 14.0. The predicted molar refractivity (Wildman–Crippen MR) is 97.5 cm³/mol. The Morgan fingerprint density at radius 1 is 1.00 bits per heavy atom. The molecule has 0 saturated carbocycles. The summed E-state index contributed by atoms with van der Waals surface area (Å²) in [4.78, 5) is 22.7. The molecule has 25 heavy (non-hydrogen) atoms. The summed E-state index contributed by atoms with van der Waals surface area (Å²) >= 11 is 0. The molecule has 0 aliphatic carbocycles. The zero-order chi connectivity index (χ0) is 17.6. The maximum Gasteiger partial charge on any atom is 0.258 e. The van der Waals surface area contributed by atoms with Crippen LogP contribution in [0.4, 0.5) is 17.3 Å². The summed E-state index contributed by atoms with van der Waals surface area (Å²) in [6, 6.07) is 16.9. The molecule has 6 nitrogen and oxygen atoms in total. The number of anilines is 3. The number of benzene rings is 2. The second-order valence-electron chi connectivity index (χ2n) is 5.35. The standard InChI is InChI=1S/C19H18N4O2/c1-23(16-6-4-3-5-7-16)19-20-12-14(13-21-19)18(24)22-15-8-10-17(25-2)11-9-15/h3-13H,1-2H3,(H,22,24). The predicted octanol–water partition coefficient (Wildman–Crippen LogP) is 3.51. The minimum absolute atomic E-state index is 0.265. The molecule has 6 heteroatoms. The van der Waals surface area contributed by atoms with Gasteiger partial charge in [-0.25, -0.2) is 9.97 Å². The molecule has 3 rings (SSSR count). The van der Waals surface area contributed by atoms with Crippen molar-refractivity contribution in [1.82, 2.24) is 9.97 Å². The molecule has 0 spiro atoms. The van der Waals surface area contributed by atoms with Gasteiger partial charge in [0.15, 0.2) is 0 Å². The van der Waals surface area contributed by atoms with Crippen LogP contribution in [-0.4, -0.2) is 30.0 Å². The number of ether oxygens (including phenoxy) is 1. The van der Waals surface area contributed by atoms with Gasteiger partial charge in [-0.3, -0.25) is 4.79 Å². The van der Waals surface area contributed by atoms with Crippen LogP contribution in [-0.2, 0) is 0 Å². The number of amides is 1. The van der Waals surface area contributed by atoms with E-state index in [9.17, 15) is 4.79 Å². The summed E-state index contributed by atoms with van der Waals surface area (Å²) in [6.45, 7) is 0. The Hall–Kier alpha value is -3.41. The van der Waals surface area contributed by atoms with Crippen molar-refractivity contribution in [2.75, 3.05) is 24.4 Å². The Balaban J connectivity index is 1.69. The number of methoxy groups -OCH3 is 1. The monoisotopic (exact) mass is 334 g/mol. The number of hydrogen-bond acceptors (Lipinski definition) is 5. The fourth-order valence-electron chi connectivity index (χ4n) is 2.26. The topological polar surface area (TPSA) is 67.3 Å². The molecule has 0 aliphatic rings. The van der Waals surface area contributed by atoms with Crippen LogP contribution >= 0.6 is 0 Å². The number of aromatic nitrogens is 2. The smallest absolute Gasteiger partial charge is 0.258 e. The van der Waals surface area contributed by atoms with Crippen LogP contribution in [0.2, 0.25) is 0 Å². The third kappa shape index (κ3) is 3.92. The van der Waals surface area contributed by atoms with E-state index in [1.807, 2.05) is 42.3 Å². The fourth-order valence-corrected chi connectivity index (χ4v) is 2.26. The molecule has 1 aromatic heterocycles. The third-order valence-electron chi connectivity index (χ3n) is 3.69. The van der Waals surface area contributed by atoms with Crippen molar-refractivity contribution >= 4 is 23.2 Å². The largest absolute Gasteiger partial charge is 0.497 e. The molecule has 1 amide bonds. The van der Waals surface area contributed by atoms with Crippen LogP contribution in [0, 0.1) is 0 Å². The number of hydrogen-bond donors (Lipinski definition) is 1. The molecular weight excluding hydrogens is 316 g/mol. The molecule has 3 aromatic rings. The first-order valence-corrected chi connectivity index (χ1v) is 7.73. The van der Waals surface area contributed by atoms with Gasteiger partial charge in [-0.1, -0.05) is 18.2 Å². The highest BCUT2D eigenvalue weighted by molar-refractivity contribution is 6.03. The van der Waals surface area contributed by atoms with Crippen molar-refractivity contribution in [2.45, 2.75) is 0 Å². The van der Waals surface area contributed by atoms with Gasteiger partial charge in [0.25, 0.3) is 5.91 Å². The summed E-state index contributed by atoms with van der Waals surface area (Å²) in [7, 11) is 3.47. The highest BCUT2D eigenvalue weighted by Crippen LogP contribution is 2.19. The number of rotatable bonds is 5. The van der Waals surface area contributed by atoms with Crippen molar-refractivity contribution in [3.8, 4) is 5.75 Å². The lowest BCUT2D eigenvalue weighted by Crippen LogP contribution is -2.16. The molecule has 0 atom stereocenters. The van der Waals surface area contributed by atoms with Crippen LogP contribution in [0.1, 0.15) is 10.4 Å². The van der Waals surface area contributed by atoms with Gasteiger partial charge in [-0.2, -0.15) is 0 Å². The van der Waals surface area contributed by atoms with Gasteiger partial charge in [0, 0.05) is 30.8 Å². The summed E-state index contributed by atoms with van der Waals surface area (Å²) in [5.41, 5.74) is 2.04. The number of nitrogens with one attached hydrogen (secondary N) is 1. The van der Waals surface area contributed by atoms with E-state index in [-0.39, 0.29) is 5.91 Å². The minimum Gasteiger partial charge on any atom is -0.497 e. The first kappa shape index (κ1) is 16.4. The van der Waals surface area contributed by atoms with Crippen molar-refractivity contribution in [1.29, 1.82) is 0 Å². The van der Waals surface area contributed by atoms with Crippen molar-refractivity contribution in [2.24, 2.45) is 0 Å². The molecule has 0 aliphatic heterocycles. The van der Waals surface area contributed by atoms with Gasteiger partial charge in [0.1, 0.15) is 5.75 Å². The number of para-hydroxylation sites is 1. The highest BCUT2D eigenvalue weighted by Gasteiger charge is 2.10. The first-order valence-electron chi connectivity index (χ1n) is 7.73. The lowest BCUT2D eigenvalue weighted by atomic mass is 10.2. The van der Waals surface area contributed by atoms with E-state index in [0.29, 0.717) is 17.2 Å². The molecule has 0 unspecified atom stereocenters. The molecular formula is C19H18N4O2. The molecule has 1 N–H and O–H groups in total. The van der Waals surface area contributed by atoms with Crippen molar-refractivity contribution in [3.05, 3.63) is 72.6 Å². The zero-order valence-corrected chi connectivity index (χ0v) is 14.0. The second kappa shape index (κ2) is 7.44. The van der Waals surface area contributed by atoms with Gasteiger partial charge in [0.05, 0.1) is 12.7 Å². The lowest BCUT2D eigenvalue weighted by Gasteiger charge is -2.16. The summed E-state index contributed by atoms with van der Waals surface area (Å²) in [5, 5.41) is 2.80. The van der Waals surface area contributed by atoms with Gasteiger partial charge < -0.3 is 15.0 Å². The average Bonchev–Trinajstić information content (AvgIpc) is 2.69. The first-order chi connectivity index (χ1) is 12.2.